The number of nitrogens with zero attached hydrogens (tertiary/aromatic N) is 2. The van der Waals surface area contributed by atoms with Crippen LogP contribution in [0.2, 0.25) is 0 Å². The van der Waals surface area contributed by atoms with Gasteiger partial charge in [-0.15, -0.1) is 0 Å². The van der Waals surface area contributed by atoms with Crippen LogP contribution in [-0.2, 0) is 9.59 Å². The van der Waals surface area contributed by atoms with Gasteiger partial charge in [-0.05, 0) is 31.9 Å². The number of nitro benzene ring substituents is 1. The number of rotatable bonds is 4. The Morgan fingerprint density at radius 2 is 1.90 bits per heavy atom. The topological polar surface area (TPSA) is 114 Å². The first-order valence-corrected chi connectivity index (χ1v) is 9.99. The van der Waals surface area contributed by atoms with E-state index in [0.29, 0.717) is 11.5 Å². The number of hydrogen-bond donors (Lipinski definition) is 1. The average Bonchev–Trinajstić information content (AvgIpc) is 3.29. The second kappa shape index (κ2) is 7.78. The number of furan rings is 1. The number of Topliss-reactive ketones (excluding diaryl/α,β-unsaturated/α-hetero) is 1. The Bertz CT molecular complexity index is 1050. The summed E-state index contributed by atoms with van der Waals surface area (Å²) in [6.07, 6.45) is 4.56. The monoisotopic (exact) mass is 410 g/mol. The summed E-state index contributed by atoms with van der Waals surface area (Å²) in [7, 11) is 0. The van der Waals surface area contributed by atoms with Crippen LogP contribution in [0.4, 0.5) is 5.69 Å². The molecule has 1 unspecified atom stereocenters. The maximum absolute atomic E-state index is 13.0. The van der Waals surface area contributed by atoms with Crippen molar-refractivity contribution in [1.29, 1.82) is 0 Å². The Kier molecular flexibility index (Phi) is 5.15. The maximum atomic E-state index is 13.0. The molecule has 0 radical (unpaired) electrons. The van der Waals surface area contributed by atoms with Gasteiger partial charge >= 0.3 is 0 Å². The summed E-state index contributed by atoms with van der Waals surface area (Å²) in [6.45, 7) is 1.76. The average molecular weight is 410 g/mol. The summed E-state index contributed by atoms with van der Waals surface area (Å²) in [5.41, 5.74) is -0.203. The number of likely N-dealkylation sites (tertiary alicyclic amines) is 1. The molecule has 8 nitrogen and oxygen atoms in total. The molecule has 2 heterocycles. The van der Waals surface area contributed by atoms with Crippen LogP contribution < -0.4 is 0 Å². The fraction of sp³-hybridized carbons (Fsp3) is 0.364. The van der Waals surface area contributed by atoms with Crippen LogP contribution in [0.1, 0.15) is 55.2 Å². The largest absolute Gasteiger partial charge is 0.507 e. The van der Waals surface area contributed by atoms with Crippen molar-refractivity contribution in [1.82, 2.24) is 4.90 Å². The first-order chi connectivity index (χ1) is 14.4. The van der Waals surface area contributed by atoms with Gasteiger partial charge in [-0.25, -0.2) is 0 Å². The summed E-state index contributed by atoms with van der Waals surface area (Å²) >= 11 is 0. The summed E-state index contributed by atoms with van der Waals surface area (Å²) in [5.74, 6) is -0.898. The number of ketones is 1. The molecule has 1 N–H and O–H groups in total. The summed E-state index contributed by atoms with van der Waals surface area (Å²) < 4.78 is 5.76. The van der Waals surface area contributed by atoms with Gasteiger partial charge in [0.1, 0.15) is 23.3 Å². The third-order valence-electron chi connectivity index (χ3n) is 5.81. The minimum Gasteiger partial charge on any atom is -0.507 e. The molecular formula is C22H22N2O6. The lowest BCUT2D eigenvalue weighted by molar-refractivity contribution is -0.384. The summed E-state index contributed by atoms with van der Waals surface area (Å²) in [5, 5.41) is 22.1. The smallest absolute Gasteiger partial charge is 0.296 e. The predicted molar refractivity (Wildman–Crippen MR) is 108 cm³/mol. The third-order valence-corrected chi connectivity index (χ3v) is 5.81. The lowest BCUT2D eigenvalue weighted by Gasteiger charge is -2.34. The molecule has 1 amide bonds. The van der Waals surface area contributed by atoms with Gasteiger partial charge < -0.3 is 14.4 Å². The second-order valence-electron chi connectivity index (χ2n) is 7.75. The van der Waals surface area contributed by atoms with Crippen LogP contribution in [0.15, 0.2) is 46.4 Å². The molecule has 1 aromatic carbocycles. The van der Waals surface area contributed by atoms with Gasteiger partial charge in [0.05, 0.1) is 10.5 Å². The van der Waals surface area contributed by atoms with Crippen molar-refractivity contribution >= 4 is 23.1 Å². The highest BCUT2D eigenvalue weighted by molar-refractivity contribution is 6.46. The molecule has 1 aromatic heterocycles. The fourth-order valence-electron chi connectivity index (χ4n) is 4.39. The molecule has 2 fully saturated rings. The fourth-order valence-corrected chi connectivity index (χ4v) is 4.39. The lowest BCUT2D eigenvalue weighted by atomic mass is 9.92. The van der Waals surface area contributed by atoms with Gasteiger partial charge in [-0.2, -0.15) is 0 Å². The van der Waals surface area contributed by atoms with E-state index < -0.39 is 28.4 Å². The number of non-ortho nitro benzene ring substituents is 1. The van der Waals surface area contributed by atoms with Crippen molar-refractivity contribution in [3.05, 3.63) is 69.2 Å². The van der Waals surface area contributed by atoms with Crippen LogP contribution in [-0.4, -0.2) is 32.7 Å². The van der Waals surface area contributed by atoms with Crippen LogP contribution in [0.25, 0.3) is 5.76 Å². The number of aliphatic hydroxyl groups is 1. The number of benzene rings is 1. The Morgan fingerprint density at radius 1 is 1.17 bits per heavy atom. The quantitative estimate of drug-likeness (QED) is 0.265. The molecule has 2 aliphatic rings. The van der Waals surface area contributed by atoms with E-state index >= 15 is 0 Å². The zero-order valence-electron chi connectivity index (χ0n) is 16.5. The molecular weight excluding hydrogens is 388 g/mol. The minimum atomic E-state index is -0.860. The third kappa shape index (κ3) is 3.38. The zero-order valence-corrected chi connectivity index (χ0v) is 16.5. The van der Waals surface area contributed by atoms with Crippen molar-refractivity contribution in [3.8, 4) is 0 Å². The predicted octanol–water partition coefficient (Wildman–Crippen LogP) is 4.25. The molecule has 0 bridgehead atoms. The Morgan fingerprint density at radius 3 is 2.53 bits per heavy atom. The van der Waals surface area contributed by atoms with Crippen LogP contribution in [0.5, 0.6) is 0 Å². The number of carbonyl (C=O) groups excluding carboxylic acids is 2. The van der Waals surface area contributed by atoms with Crippen molar-refractivity contribution in [2.75, 3.05) is 0 Å². The second-order valence-corrected chi connectivity index (χ2v) is 7.75. The van der Waals surface area contributed by atoms with E-state index in [4.69, 9.17) is 4.42 Å². The molecule has 1 atom stereocenters. The van der Waals surface area contributed by atoms with E-state index in [9.17, 15) is 24.8 Å². The first kappa shape index (κ1) is 19.9. The van der Waals surface area contributed by atoms with Gasteiger partial charge in [-0.1, -0.05) is 31.4 Å². The number of carbonyl (C=O) groups is 2. The minimum absolute atomic E-state index is 0.0968. The first-order valence-electron chi connectivity index (χ1n) is 9.99. The summed E-state index contributed by atoms with van der Waals surface area (Å²) in [4.78, 5) is 38.1. The van der Waals surface area contributed by atoms with Gasteiger partial charge in [0, 0.05) is 23.7 Å². The van der Waals surface area contributed by atoms with Crippen molar-refractivity contribution < 1.29 is 24.0 Å². The van der Waals surface area contributed by atoms with E-state index in [0.717, 1.165) is 32.1 Å². The Labute approximate surface area is 172 Å². The van der Waals surface area contributed by atoms with Gasteiger partial charge in [-0.3, -0.25) is 19.7 Å². The SMILES string of the molecule is Cc1ccc(C2/C(=C(/O)c3cccc([N+](=O)[O-])c3)C(=O)C(=O)N2C2CCCCC2)o1. The van der Waals surface area contributed by atoms with Crippen LogP contribution in [0.3, 0.4) is 0 Å². The molecule has 1 saturated carbocycles. The highest BCUT2D eigenvalue weighted by atomic mass is 16.6. The number of hydrogen-bond acceptors (Lipinski definition) is 6. The van der Waals surface area contributed by atoms with Gasteiger partial charge in [0.2, 0.25) is 0 Å². The number of aliphatic hydroxyl groups excluding tert-OH is 1. The standard InChI is InChI=1S/C22H22N2O6/c1-13-10-11-17(30-13)19-18(20(25)14-6-5-9-16(12-14)24(28)29)21(26)22(27)23(19)15-7-3-2-4-8-15/h5-6,9-12,15,19,25H,2-4,7-8H2,1H3/b20-18-. The van der Waals surface area contributed by atoms with Crippen LogP contribution >= 0.6 is 0 Å². The zero-order chi connectivity index (χ0) is 21.4. The van der Waals surface area contributed by atoms with E-state index in [1.54, 1.807) is 19.1 Å². The number of amides is 1. The van der Waals surface area contributed by atoms with Crippen molar-refractivity contribution in [2.24, 2.45) is 0 Å². The highest BCUT2D eigenvalue weighted by Crippen LogP contribution is 2.43. The van der Waals surface area contributed by atoms with E-state index in [1.807, 2.05) is 0 Å². The lowest BCUT2D eigenvalue weighted by Crippen LogP contribution is -2.40. The molecule has 0 spiro atoms. The van der Waals surface area contributed by atoms with E-state index in [2.05, 4.69) is 0 Å². The maximum Gasteiger partial charge on any atom is 0.296 e. The van der Waals surface area contributed by atoms with Crippen LogP contribution in [0, 0.1) is 17.0 Å². The van der Waals surface area contributed by atoms with E-state index in [1.165, 1.54) is 29.2 Å². The Hall–Kier alpha value is -3.42. The van der Waals surface area contributed by atoms with Crippen molar-refractivity contribution in [3.63, 3.8) is 0 Å². The van der Waals surface area contributed by atoms with Gasteiger partial charge in [0.15, 0.2) is 0 Å². The van der Waals surface area contributed by atoms with E-state index in [-0.39, 0.29) is 22.9 Å². The highest BCUT2D eigenvalue weighted by Gasteiger charge is 2.50. The Balaban J connectivity index is 1.86. The van der Waals surface area contributed by atoms with Gasteiger partial charge in [0.25, 0.3) is 17.4 Å². The molecule has 2 aromatic rings. The number of nitro groups is 1. The molecule has 156 valence electrons. The summed E-state index contributed by atoms with van der Waals surface area (Å²) in [6, 6.07) is 7.84. The molecule has 8 heteroatoms. The molecule has 4 rings (SSSR count). The normalized spacial score (nSPS) is 21.9. The molecule has 30 heavy (non-hydrogen) atoms. The number of aryl methyl sites for hydroxylation is 1. The molecule has 1 saturated heterocycles. The van der Waals surface area contributed by atoms with Crippen molar-refractivity contribution in [2.45, 2.75) is 51.1 Å². The molecule has 1 aliphatic heterocycles. The molecule has 1 aliphatic carbocycles.